The number of aryl methyl sites for hydroxylation is 1. The Morgan fingerprint density at radius 1 is 1.15 bits per heavy atom. The van der Waals surface area contributed by atoms with Gasteiger partial charge in [0, 0.05) is 39.4 Å². The summed E-state index contributed by atoms with van der Waals surface area (Å²) >= 11 is 0. The minimum atomic E-state index is -3.61. The molecule has 2 aliphatic heterocycles. The predicted molar refractivity (Wildman–Crippen MR) is 94.3 cm³/mol. The van der Waals surface area contributed by atoms with Crippen LogP contribution in [0.2, 0.25) is 0 Å². The Labute approximate surface area is 153 Å². The molecule has 0 bridgehead atoms. The molecule has 144 valence electrons. The molecule has 3 heterocycles. The van der Waals surface area contributed by atoms with Gasteiger partial charge >= 0.3 is 5.97 Å². The van der Waals surface area contributed by atoms with Crippen LogP contribution in [-0.2, 0) is 21.9 Å². The monoisotopic (exact) mass is 383 g/mol. The van der Waals surface area contributed by atoms with Crippen molar-refractivity contribution in [1.82, 2.24) is 13.8 Å². The van der Waals surface area contributed by atoms with Crippen molar-refractivity contribution in [3.63, 3.8) is 0 Å². The third-order valence-corrected chi connectivity index (χ3v) is 7.29. The van der Waals surface area contributed by atoms with Crippen LogP contribution in [0, 0.1) is 5.41 Å². The molecule has 0 radical (unpaired) electrons. The number of rotatable bonds is 4. The van der Waals surface area contributed by atoms with Crippen molar-refractivity contribution >= 4 is 21.9 Å². The van der Waals surface area contributed by atoms with E-state index in [1.165, 1.54) is 26.0 Å². The maximum atomic E-state index is 12.8. The summed E-state index contributed by atoms with van der Waals surface area (Å²) in [7, 11) is -1.98. The second kappa shape index (κ2) is 6.70. The first-order valence-electron chi connectivity index (χ1n) is 8.84. The van der Waals surface area contributed by atoms with E-state index in [1.54, 1.807) is 14.0 Å². The fourth-order valence-corrected chi connectivity index (χ4v) is 5.20. The lowest BCUT2D eigenvalue weighted by Crippen LogP contribution is -2.35. The standard InChI is InChI=1S/C17H25N3O5S/c1-17(16(22)23)6-9-19(12-17)15(21)14-10-13(11-18(14)2)26(24,25)20-7-4-3-5-8-20/h10-11H,3-9,12H2,1-2H3,(H,22,23). The molecule has 3 rings (SSSR count). The van der Waals surface area contributed by atoms with Gasteiger partial charge in [0.15, 0.2) is 0 Å². The summed E-state index contributed by atoms with van der Waals surface area (Å²) in [5.41, 5.74) is -0.695. The molecule has 2 aliphatic rings. The first-order valence-corrected chi connectivity index (χ1v) is 10.3. The van der Waals surface area contributed by atoms with Gasteiger partial charge in [-0.15, -0.1) is 0 Å². The summed E-state index contributed by atoms with van der Waals surface area (Å²) < 4.78 is 28.6. The number of hydrogen-bond acceptors (Lipinski definition) is 4. The van der Waals surface area contributed by atoms with Crippen LogP contribution in [0.3, 0.4) is 0 Å². The lowest BCUT2D eigenvalue weighted by molar-refractivity contribution is -0.147. The molecule has 0 aromatic carbocycles. The number of aromatic nitrogens is 1. The summed E-state index contributed by atoms with van der Waals surface area (Å²) in [6, 6.07) is 1.41. The van der Waals surface area contributed by atoms with Crippen LogP contribution in [0.25, 0.3) is 0 Å². The molecule has 0 aliphatic carbocycles. The number of amides is 1. The Morgan fingerprint density at radius 2 is 1.81 bits per heavy atom. The van der Waals surface area contributed by atoms with E-state index in [-0.39, 0.29) is 23.0 Å². The number of likely N-dealkylation sites (tertiary alicyclic amines) is 1. The molecule has 2 saturated heterocycles. The fraction of sp³-hybridized carbons (Fsp3) is 0.647. The molecule has 1 N–H and O–H groups in total. The summed E-state index contributed by atoms with van der Waals surface area (Å²) in [5, 5.41) is 9.32. The lowest BCUT2D eigenvalue weighted by atomic mass is 9.90. The second-order valence-electron chi connectivity index (χ2n) is 7.48. The lowest BCUT2D eigenvalue weighted by Gasteiger charge is -2.25. The summed E-state index contributed by atoms with van der Waals surface area (Å²) in [6.45, 7) is 3.11. The highest BCUT2D eigenvalue weighted by Gasteiger charge is 2.43. The van der Waals surface area contributed by atoms with E-state index in [0.717, 1.165) is 19.3 Å². The molecule has 8 nitrogen and oxygen atoms in total. The third-order valence-electron chi connectivity index (χ3n) is 5.43. The molecule has 0 saturated carbocycles. The smallest absolute Gasteiger partial charge is 0.311 e. The molecule has 26 heavy (non-hydrogen) atoms. The van der Waals surface area contributed by atoms with Crippen molar-refractivity contribution in [2.45, 2.75) is 37.5 Å². The van der Waals surface area contributed by atoms with Gasteiger partial charge in [-0.3, -0.25) is 9.59 Å². The molecule has 1 aromatic rings. The zero-order chi connectivity index (χ0) is 19.1. The van der Waals surface area contributed by atoms with Crippen LogP contribution < -0.4 is 0 Å². The van der Waals surface area contributed by atoms with Crippen LogP contribution in [0.5, 0.6) is 0 Å². The van der Waals surface area contributed by atoms with Crippen LogP contribution in [0.1, 0.15) is 43.1 Å². The van der Waals surface area contributed by atoms with Gasteiger partial charge in [-0.25, -0.2) is 8.42 Å². The number of carboxylic acid groups (broad SMARTS) is 1. The van der Waals surface area contributed by atoms with E-state index in [0.29, 0.717) is 26.1 Å². The van der Waals surface area contributed by atoms with Gasteiger partial charge in [0.05, 0.1) is 5.41 Å². The summed E-state index contributed by atoms with van der Waals surface area (Å²) in [5.74, 6) is -1.26. The molecular formula is C17H25N3O5S. The Morgan fingerprint density at radius 3 is 2.38 bits per heavy atom. The molecule has 2 fully saturated rings. The van der Waals surface area contributed by atoms with Gasteiger partial charge in [0.1, 0.15) is 10.6 Å². The number of carbonyl (C=O) groups excluding carboxylic acids is 1. The molecule has 1 amide bonds. The number of piperidine rings is 1. The Bertz CT molecular complexity index is 825. The second-order valence-corrected chi connectivity index (χ2v) is 9.42. The normalized spacial score (nSPS) is 24.8. The SMILES string of the molecule is Cn1cc(S(=O)(=O)N2CCCCC2)cc1C(=O)N1CCC(C)(C(=O)O)C1. The molecule has 0 spiro atoms. The van der Waals surface area contributed by atoms with E-state index >= 15 is 0 Å². The first-order chi connectivity index (χ1) is 12.1. The van der Waals surface area contributed by atoms with E-state index in [2.05, 4.69) is 0 Å². The molecule has 1 unspecified atom stereocenters. The number of hydrogen-bond donors (Lipinski definition) is 1. The molecule has 1 atom stereocenters. The zero-order valence-electron chi connectivity index (χ0n) is 15.1. The minimum Gasteiger partial charge on any atom is -0.481 e. The highest BCUT2D eigenvalue weighted by Crippen LogP contribution is 2.31. The Hall–Kier alpha value is -1.87. The number of carbonyl (C=O) groups is 2. The van der Waals surface area contributed by atoms with Crippen molar-refractivity contribution < 1.29 is 23.1 Å². The minimum absolute atomic E-state index is 0.116. The number of sulfonamides is 1. The van der Waals surface area contributed by atoms with Crippen molar-refractivity contribution in [3.05, 3.63) is 18.0 Å². The average molecular weight is 383 g/mol. The van der Waals surface area contributed by atoms with Gasteiger partial charge in [0.25, 0.3) is 5.91 Å². The van der Waals surface area contributed by atoms with Gasteiger partial charge < -0.3 is 14.6 Å². The van der Waals surface area contributed by atoms with Gasteiger partial charge in [0.2, 0.25) is 10.0 Å². The van der Waals surface area contributed by atoms with Crippen LogP contribution in [0.15, 0.2) is 17.2 Å². The quantitative estimate of drug-likeness (QED) is 0.840. The molecule has 1 aromatic heterocycles. The van der Waals surface area contributed by atoms with Crippen molar-refractivity contribution in [3.8, 4) is 0 Å². The van der Waals surface area contributed by atoms with Crippen LogP contribution >= 0.6 is 0 Å². The number of aliphatic carboxylic acids is 1. The zero-order valence-corrected chi connectivity index (χ0v) is 16.0. The maximum absolute atomic E-state index is 12.8. The average Bonchev–Trinajstić information content (AvgIpc) is 3.20. The number of nitrogens with zero attached hydrogens (tertiary/aromatic N) is 3. The van der Waals surface area contributed by atoms with Crippen LogP contribution in [-0.4, -0.2) is 65.4 Å². The topological polar surface area (TPSA) is 99.9 Å². The third kappa shape index (κ3) is 3.25. The largest absolute Gasteiger partial charge is 0.481 e. The van der Waals surface area contributed by atoms with Crippen molar-refractivity contribution in [2.24, 2.45) is 12.5 Å². The molecular weight excluding hydrogens is 358 g/mol. The predicted octanol–water partition coefficient (Wildman–Crippen LogP) is 1.14. The van der Waals surface area contributed by atoms with E-state index in [9.17, 15) is 23.1 Å². The Balaban J connectivity index is 1.82. The van der Waals surface area contributed by atoms with E-state index < -0.39 is 21.4 Å². The number of carboxylic acids is 1. The van der Waals surface area contributed by atoms with E-state index in [1.807, 2.05) is 0 Å². The Kier molecular flexibility index (Phi) is 4.87. The van der Waals surface area contributed by atoms with Crippen molar-refractivity contribution in [2.75, 3.05) is 26.2 Å². The maximum Gasteiger partial charge on any atom is 0.311 e. The fourth-order valence-electron chi connectivity index (χ4n) is 3.61. The van der Waals surface area contributed by atoms with E-state index in [4.69, 9.17) is 0 Å². The van der Waals surface area contributed by atoms with Gasteiger partial charge in [-0.1, -0.05) is 6.42 Å². The highest BCUT2D eigenvalue weighted by atomic mass is 32.2. The highest BCUT2D eigenvalue weighted by molar-refractivity contribution is 7.89. The summed E-state index contributed by atoms with van der Waals surface area (Å²) in [4.78, 5) is 25.8. The molecule has 9 heteroatoms. The van der Waals surface area contributed by atoms with Crippen LogP contribution in [0.4, 0.5) is 0 Å². The first kappa shape index (κ1) is 18.9. The van der Waals surface area contributed by atoms with Crippen molar-refractivity contribution in [1.29, 1.82) is 0 Å². The summed E-state index contributed by atoms with van der Waals surface area (Å²) in [6.07, 6.45) is 4.57. The van der Waals surface area contributed by atoms with Gasteiger partial charge in [-0.2, -0.15) is 4.31 Å². The van der Waals surface area contributed by atoms with Gasteiger partial charge in [-0.05, 0) is 32.3 Å².